The van der Waals surface area contributed by atoms with Gasteiger partial charge in [0, 0.05) is 40.0 Å². The highest BCUT2D eigenvalue weighted by Crippen LogP contribution is 2.10. The highest BCUT2D eigenvalue weighted by molar-refractivity contribution is 5.89. The van der Waals surface area contributed by atoms with Crippen molar-refractivity contribution in [3.8, 4) is 0 Å². The Labute approximate surface area is 131 Å². The molecule has 0 atom stereocenters. The van der Waals surface area contributed by atoms with Crippen LogP contribution in [0.5, 0.6) is 0 Å². The van der Waals surface area contributed by atoms with Crippen molar-refractivity contribution in [1.82, 2.24) is 15.5 Å². The Hall–Kier alpha value is -2.12. The molecule has 7 nitrogen and oxygen atoms in total. The Balaban J connectivity index is 2.39. The van der Waals surface area contributed by atoms with E-state index >= 15 is 0 Å². The SMILES string of the molecule is COCCNCC(=O)NCc1cccc(NC(=O)N(C)C)c1. The molecular weight excluding hydrogens is 284 g/mol. The molecule has 0 spiro atoms. The minimum atomic E-state index is -0.191. The molecule has 3 amide bonds. The number of rotatable bonds is 8. The van der Waals surface area contributed by atoms with Crippen LogP contribution in [0, 0.1) is 0 Å². The Bertz CT molecular complexity index is 491. The lowest BCUT2D eigenvalue weighted by Crippen LogP contribution is -2.34. The molecule has 0 bridgehead atoms. The zero-order valence-electron chi connectivity index (χ0n) is 13.3. The van der Waals surface area contributed by atoms with E-state index in [0.29, 0.717) is 25.4 Å². The van der Waals surface area contributed by atoms with E-state index in [1.807, 2.05) is 18.2 Å². The van der Waals surface area contributed by atoms with Crippen molar-refractivity contribution in [3.05, 3.63) is 29.8 Å². The van der Waals surface area contributed by atoms with Gasteiger partial charge in [-0.25, -0.2) is 4.79 Å². The summed E-state index contributed by atoms with van der Waals surface area (Å²) >= 11 is 0. The Kier molecular flexibility index (Phi) is 7.95. The molecule has 0 aromatic heterocycles. The molecule has 0 saturated carbocycles. The van der Waals surface area contributed by atoms with Gasteiger partial charge in [-0.3, -0.25) is 4.79 Å². The second kappa shape index (κ2) is 9.75. The minimum Gasteiger partial charge on any atom is -0.383 e. The number of urea groups is 1. The van der Waals surface area contributed by atoms with Gasteiger partial charge in [-0.2, -0.15) is 0 Å². The number of carbonyl (C=O) groups excluding carboxylic acids is 2. The first-order valence-electron chi connectivity index (χ1n) is 7.06. The molecule has 1 aromatic rings. The smallest absolute Gasteiger partial charge is 0.321 e. The Morgan fingerprint density at radius 1 is 1.27 bits per heavy atom. The summed E-state index contributed by atoms with van der Waals surface area (Å²) in [5.74, 6) is -0.0844. The first-order chi connectivity index (χ1) is 10.5. The molecule has 0 aliphatic carbocycles. The Morgan fingerprint density at radius 2 is 2.05 bits per heavy atom. The van der Waals surface area contributed by atoms with Gasteiger partial charge in [0.05, 0.1) is 13.2 Å². The molecule has 0 saturated heterocycles. The van der Waals surface area contributed by atoms with Crippen LogP contribution >= 0.6 is 0 Å². The van der Waals surface area contributed by atoms with E-state index in [1.54, 1.807) is 27.3 Å². The topological polar surface area (TPSA) is 82.7 Å². The maximum Gasteiger partial charge on any atom is 0.321 e. The summed E-state index contributed by atoms with van der Waals surface area (Å²) in [4.78, 5) is 24.7. The van der Waals surface area contributed by atoms with Gasteiger partial charge in [-0.1, -0.05) is 12.1 Å². The molecule has 0 aliphatic rings. The van der Waals surface area contributed by atoms with Crippen molar-refractivity contribution in [2.75, 3.05) is 46.2 Å². The molecule has 0 heterocycles. The number of hydrogen-bond acceptors (Lipinski definition) is 4. The lowest BCUT2D eigenvalue weighted by atomic mass is 10.2. The maximum absolute atomic E-state index is 11.6. The molecular formula is C15H24N4O3. The number of ether oxygens (including phenoxy) is 1. The summed E-state index contributed by atoms with van der Waals surface area (Å²) in [6, 6.07) is 7.18. The van der Waals surface area contributed by atoms with Gasteiger partial charge in [0.2, 0.25) is 5.91 Å². The van der Waals surface area contributed by atoms with Crippen molar-refractivity contribution in [2.45, 2.75) is 6.54 Å². The van der Waals surface area contributed by atoms with E-state index in [0.717, 1.165) is 5.56 Å². The third-order valence-corrected chi connectivity index (χ3v) is 2.84. The molecule has 0 unspecified atom stereocenters. The average molecular weight is 308 g/mol. The first kappa shape index (κ1) is 17.9. The standard InChI is InChI=1S/C15H24N4O3/c1-19(2)15(21)18-13-6-4-5-12(9-13)10-17-14(20)11-16-7-8-22-3/h4-6,9,16H,7-8,10-11H2,1-3H3,(H,17,20)(H,18,21). The van der Waals surface area contributed by atoms with Gasteiger partial charge >= 0.3 is 6.03 Å². The van der Waals surface area contributed by atoms with Gasteiger partial charge in [-0.15, -0.1) is 0 Å². The molecule has 1 aromatic carbocycles. The van der Waals surface area contributed by atoms with Crippen molar-refractivity contribution in [2.24, 2.45) is 0 Å². The van der Waals surface area contributed by atoms with E-state index in [9.17, 15) is 9.59 Å². The molecule has 22 heavy (non-hydrogen) atoms. The van der Waals surface area contributed by atoms with Crippen molar-refractivity contribution in [1.29, 1.82) is 0 Å². The van der Waals surface area contributed by atoms with Crippen molar-refractivity contribution >= 4 is 17.6 Å². The van der Waals surface area contributed by atoms with Crippen LogP contribution in [0.3, 0.4) is 0 Å². The van der Waals surface area contributed by atoms with Crippen LogP contribution in [-0.4, -0.2) is 57.7 Å². The van der Waals surface area contributed by atoms with Gasteiger partial charge in [-0.05, 0) is 17.7 Å². The highest BCUT2D eigenvalue weighted by Gasteiger charge is 2.05. The van der Waals surface area contributed by atoms with E-state index in [2.05, 4.69) is 16.0 Å². The lowest BCUT2D eigenvalue weighted by Gasteiger charge is -2.13. The number of anilines is 1. The van der Waals surface area contributed by atoms with E-state index in [-0.39, 0.29) is 18.5 Å². The quantitative estimate of drug-likeness (QED) is 0.615. The number of carbonyl (C=O) groups is 2. The molecule has 1 rings (SSSR count). The van der Waals surface area contributed by atoms with Crippen molar-refractivity contribution < 1.29 is 14.3 Å². The summed E-state index contributed by atoms with van der Waals surface area (Å²) in [6.45, 7) is 1.87. The molecule has 7 heteroatoms. The Morgan fingerprint density at radius 3 is 2.73 bits per heavy atom. The first-order valence-corrected chi connectivity index (χ1v) is 7.06. The van der Waals surface area contributed by atoms with Crippen molar-refractivity contribution in [3.63, 3.8) is 0 Å². The normalized spacial score (nSPS) is 10.1. The molecule has 3 N–H and O–H groups in total. The van der Waals surface area contributed by atoms with Gasteiger partial charge in [0.15, 0.2) is 0 Å². The van der Waals surface area contributed by atoms with Crippen LogP contribution < -0.4 is 16.0 Å². The summed E-state index contributed by atoms with van der Waals surface area (Å²) in [7, 11) is 4.97. The predicted molar refractivity (Wildman–Crippen MR) is 85.7 cm³/mol. The second-order valence-electron chi connectivity index (χ2n) is 4.97. The number of nitrogens with zero attached hydrogens (tertiary/aromatic N) is 1. The van der Waals surface area contributed by atoms with Gasteiger partial charge in [0.1, 0.15) is 0 Å². The van der Waals surface area contributed by atoms with Crippen LogP contribution in [0.25, 0.3) is 0 Å². The molecule has 0 aliphatic heterocycles. The minimum absolute atomic E-state index is 0.0844. The zero-order valence-corrected chi connectivity index (χ0v) is 13.3. The number of methoxy groups -OCH3 is 1. The van der Waals surface area contributed by atoms with Crippen LogP contribution in [0.2, 0.25) is 0 Å². The third-order valence-electron chi connectivity index (χ3n) is 2.84. The molecule has 122 valence electrons. The monoisotopic (exact) mass is 308 g/mol. The van der Waals surface area contributed by atoms with Crippen LogP contribution in [-0.2, 0) is 16.1 Å². The average Bonchev–Trinajstić information content (AvgIpc) is 2.50. The van der Waals surface area contributed by atoms with E-state index < -0.39 is 0 Å². The second-order valence-corrected chi connectivity index (χ2v) is 4.97. The summed E-state index contributed by atoms with van der Waals surface area (Å²) < 4.78 is 4.88. The summed E-state index contributed by atoms with van der Waals surface area (Å²) in [5, 5.41) is 8.55. The number of hydrogen-bond donors (Lipinski definition) is 3. The zero-order chi connectivity index (χ0) is 16.4. The van der Waals surface area contributed by atoms with E-state index in [4.69, 9.17) is 4.74 Å². The largest absolute Gasteiger partial charge is 0.383 e. The number of nitrogens with one attached hydrogen (secondary N) is 3. The fourth-order valence-corrected chi connectivity index (χ4v) is 1.63. The molecule has 0 fully saturated rings. The predicted octanol–water partition coefficient (Wildman–Crippen LogP) is 0.632. The summed E-state index contributed by atoms with van der Waals surface area (Å²) in [5.41, 5.74) is 1.62. The van der Waals surface area contributed by atoms with Crippen LogP contribution in [0.1, 0.15) is 5.56 Å². The third kappa shape index (κ3) is 7.05. The fourth-order valence-electron chi connectivity index (χ4n) is 1.63. The molecule has 0 radical (unpaired) electrons. The fraction of sp³-hybridized carbons (Fsp3) is 0.467. The number of amides is 3. The maximum atomic E-state index is 11.6. The highest BCUT2D eigenvalue weighted by atomic mass is 16.5. The van der Waals surface area contributed by atoms with Crippen LogP contribution in [0.4, 0.5) is 10.5 Å². The van der Waals surface area contributed by atoms with Gasteiger partial charge < -0.3 is 25.6 Å². The van der Waals surface area contributed by atoms with E-state index in [1.165, 1.54) is 4.90 Å². The number of benzene rings is 1. The van der Waals surface area contributed by atoms with Crippen LogP contribution in [0.15, 0.2) is 24.3 Å². The summed E-state index contributed by atoms with van der Waals surface area (Å²) in [6.07, 6.45) is 0. The lowest BCUT2D eigenvalue weighted by molar-refractivity contribution is -0.120. The van der Waals surface area contributed by atoms with Gasteiger partial charge in [0.25, 0.3) is 0 Å².